The lowest BCUT2D eigenvalue weighted by atomic mass is 9.75. The summed E-state index contributed by atoms with van der Waals surface area (Å²) in [6.07, 6.45) is -0.891. The zero-order valence-corrected chi connectivity index (χ0v) is 20.3. The van der Waals surface area contributed by atoms with Crippen molar-refractivity contribution in [3.63, 3.8) is 0 Å². The van der Waals surface area contributed by atoms with Crippen molar-refractivity contribution in [1.29, 1.82) is 0 Å². The quantitative estimate of drug-likeness (QED) is 0.571. The normalized spacial score (nSPS) is 16.5. The molecule has 0 spiro atoms. The number of hydrogen-bond acceptors (Lipinski definition) is 4. The Morgan fingerprint density at radius 2 is 1.32 bits per heavy atom. The van der Waals surface area contributed by atoms with Crippen molar-refractivity contribution in [2.24, 2.45) is 11.3 Å². The molecule has 0 aromatic heterocycles. The van der Waals surface area contributed by atoms with Gasteiger partial charge in [0.15, 0.2) is 0 Å². The van der Waals surface area contributed by atoms with Crippen LogP contribution in [0.5, 0.6) is 0 Å². The Morgan fingerprint density at radius 1 is 0.871 bits per heavy atom. The van der Waals surface area contributed by atoms with Gasteiger partial charge in [0.25, 0.3) is 0 Å². The molecule has 170 valence electrons. The van der Waals surface area contributed by atoms with Crippen LogP contribution in [0, 0.1) is 11.3 Å². The van der Waals surface area contributed by atoms with Crippen LogP contribution in [0.2, 0.25) is 0 Å². The Balaban J connectivity index is 2.59. The summed E-state index contributed by atoms with van der Waals surface area (Å²) in [6.45, 7) is 13.6. The maximum absolute atomic E-state index is 13.5. The molecule has 0 aliphatic heterocycles. The Bertz CT molecular complexity index is 821. The molecule has 2 aromatic carbocycles. The van der Waals surface area contributed by atoms with Gasteiger partial charge >= 0.3 is 5.97 Å². The van der Waals surface area contributed by atoms with Crippen LogP contribution in [0.1, 0.15) is 71.7 Å². The summed E-state index contributed by atoms with van der Waals surface area (Å²) >= 11 is 0. The second-order valence-corrected chi connectivity index (χ2v) is 10.5. The minimum atomic E-state index is -0.891. The molecule has 0 amide bonds. The second kappa shape index (κ2) is 9.97. The first kappa shape index (κ1) is 25.1. The molecule has 0 saturated carbocycles. The van der Waals surface area contributed by atoms with Gasteiger partial charge in [-0.1, -0.05) is 81.4 Å². The lowest BCUT2D eigenvalue weighted by Gasteiger charge is -2.43. The summed E-state index contributed by atoms with van der Waals surface area (Å²) in [6, 6.07) is 19.8. The minimum Gasteiger partial charge on any atom is -0.460 e. The summed E-state index contributed by atoms with van der Waals surface area (Å²) in [7, 11) is 2.02. The van der Waals surface area contributed by atoms with E-state index in [0.29, 0.717) is 0 Å². The van der Waals surface area contributed by atoms with Crippen molar-refractivity contribution < 1.29 is 14.6 Å². The van der Waals surface area contributed by atoms with Gasteiger partial charge in [-0.15, -0.1) is 0 Å². The molecular weight excluding hydrogens is 386 g/mol. The number of aliphatic hydroxyl groups is 1. The highest BCUT2D eigenvalue weighted by Gasteiger charge is 2.45. The van der Waals surface area contributed by atoms with E-state index in [4.69, 9.17) is 4.74 Å². The lowest BCUT2D eigenvalue weighted by Crippen LogP contribution is -2.48. The molecule has 2 aromatic rings. The Kier molecular flexibility index (Phi) is 8.07. The third-order valence-corrected chi connectivity index (χ3v) is 5.72. The summed E-state index contributed by atoms with van der Waals surface area (Å²) in [5.41, 5.74) is 0.995. The van der Waals surface area contributed by atoms with Gasteiger partial charge in [-0.3, -0.25) is 9.69 Å². The number of hydrogen-bond donors (Lipinski definition) is 1. The van der Waals surface area contributed by atoms with Gasteiger partial charge in [0.2, 0.25) is 0 Å². The van der Waals surface area contributed by atoms with E-state index in [1.807, 2.05) is 97.1 Å². The molecule has 0 aliphatic rings. The fourth-order valence-corrected chi connectivity index (χ4v) is 3.89. The van der Waals surface area contributed by atoms with E-state index in [1.54, 1.807) is 0 Å². The fraction of sp³-hybridized carbons (Fsp3) is 0.519. The maximum Gasteiger partial charge on any atom is 0.314 e. The molecule has 1 N–H and O–H groups in total. The average Bonchev–Trinajstić information content (AvgIpc) is 2.69. The van der Waals surface area contributed by atoms with Crippen molar-refractivity contribution in [2.45, 2.75) is 72.3 Å². The van der Waals surface area contributed by atoms with E-state index in [2.05, 4.69) is 24.0 Å². The largest absolute Gasteiger partial charge is 0.460 e. The molecule has 0 radical (unpaired) electrons. The molecule has 4 heteroatoms. The lowest BCUT2D eigenvalue weighted by molar-refractivity contribution is -0.172. The molecule has 0 bridgehead atoms. The van der Waals surface area contributed by atoms with Crippen LogP contribution < -0.4 is 0 Å². The minimum absolute atomic E-state index is 0.0310. The van der Waals surface area contributed by atoms with Crippen molar-refractivity contribution >= 4 is 5.97 Å². The molecule has 4 atom stereocenters. The van der Waals surface area contributed by atoms with Crippen LogP contribution in [0.3, 0.4) is 0 Å². The average molecular weight is 426 g/mol. The van der Waals surface area contributed by atoms with Crippen LogP contribution >= 0.6 is 0 Å². The van der Waals surface area contributed by atoms with Crippen molar-refractivity contribution in [3.05, 3.63) is 71.8 Å². The smallest absolute Gasteiger partial charge is 0.314 e. The third-order valence-electron chi connectivity index (χ3n) is 5.72. The number of carbonyl (C=O) groups is 1. The van der Waals surface area contributed by atoms with Gasteiger partial charge in [-0.25, -0.2) is 0 Å². The molecule has 4 nitrogen and oxygen atoms in total. The number of benzene rings is 2. The highest BCUT2D eigenvalue weighted by atomic mass is 16.6. The summed E-state index contributed by atoms with van der Waals surface area (Å²) in [4.78, 5) is 15.7. The SMILES string of the molecule is C[C@H](c1ccccc1)N(C)[C@H](c1ccccc1)[C@H](C(=O)OC(C)(C)C)[C@@H](O)C(C)(C)C. The number of aliphatic hydroxyl groups excluding tert-OH is 1. The fourth-order valence-electron chi connectivity index (χ4n) is 3.89. The number of nitrogens with zero attached hydrogens (tertiary/aromatic N) is 1. The maximum atomic E-state index is 13.5. The molecule has 31 heavy (non-hydrogen) atoms. The van der Waals surface area contributed by atoms with Crippen LogP contribution in [0.4, 0.5) is 0 Å². The molecule has 0 saturated heterocycles. The van der Waals surface area contributed by atoms with E-state index >= 15 is 0 Å². The first-order valence-corrected chi connectivity index (χ1v) is 11.1. The molecule has 0 aliphatic carbocycles. The first-order chi connectivity index (χ1) is 14.3. The van der Waals surface area contributed by atoms with E-state index in [-0.39, 0.29) is 18.1 Å². The predicted molar refractivity (Wildman–Crippen MR) is 127 cm³/mol. The van der Waals surface area contributed by atoms with E-state index in [9.17, 15) is 9.90 Å². The van der Waals surface area contributed by atoms with E-state index < -0.39 is 23.0 Å². The van der Waals surface area contributed by atoms with Gasteiger partial charge in [-0.2, -0.15) is 0 Å². The summed E-state index contributed by atoms with van der Waals surface area (Å²) in [5, 5.41) is 11.4. The Morgan fingerprint density at radius 3 is 1.74 bits per heavy atom. The zero-order chi connectivity index (χ0) is 23.4. The molecule has 0 fully saturated rings. The summed E-state index contributed by atoms with van der Waals surface area (Å²) < 4.78 is 5.83. The van der Waals surface area contributed by atoms with Gasteiger partial charge < -0.3 is 9.84 Å². The monoisotopic (exact) mass is 425 g/mol. The standard InChI is InChI=1S/C27H39NO3/c1-19(20-15-11-9-12-16-20)28(8)23(21-17-13-10-14-18-21)22(24(29)26(2,3)4)25(30)31-27(5,6)7/h9-19,22-24,29H,1-8H3/t19-,22+,23-,24-/m1/s1. The van der Waals surface area contributed by atoms with Gasteiger partial charge in [-0.05, 0) is 51.3 Å². The third kappa shape index (κ3) is 6.65. The van der Waals surface area contributed by atoms with E-state index in [1.165, 1.54) is 0 Å². The zero-order valence-electron chi connectivity index (χ0n) is 20.3. The van der Waals surface area contributed by atoms with Crippen LogP contribution in [0.15, 0.2) is 60.7 Å². The van der Waals surface area contributed by atoms with Crippen molar-refractivity contribution in [2.75, 3.05) is 7.05 Å². The van der Waals surface area contributed by atoms with Crippen LogP contribution in [-0.4, -0.2) is 34.7 Å². The Labute approximate surface area is 188 Å². The molecular formula is C27H39NO3. The topological polar surface area (TPSA) is 49.8 Å². The number of rotatable bonds is 7. The molecule has 0 heterocycles. The van der Waals surface area contributed by atoms with Crippen molar-refractivity contribution in [1.82, 2.24) is 4.90 Å². The molecule has 0 unspecified atom stereocenters. The van der Waals surface area contributed by atoms with Crippen molar-refractivity contribution in [3.8, 4) is 0 Å². The predicted octanol–water partition coefficient (Wildman–Crippen LogP) is 5.79. The number of carbonyl (C=O) groups excluding carboxylic acids is 1. The van der Waals surface area contributed by atoms with Gasteiger partial charge in [0.1, 0.15) is 11.5 Å². The van der Waals surface area contributed by atoms with Gasteiger partial charge in [0.05, 0.1) is 12.1 Å². The molecule has 2 rings (SSSR count). The second-order valence-electron chi connectivity index (χ2n) is 10.5. The summed E-state index contributed by atoms with van der Waals surface area (Å²) in [5.74, 6) is -1.13. The number of esters is 1. The highest BCUT2D eigenvalue weighted by Crippen LogP contribution is 2.41. The Hall–Kier alpha value is -2.17. The van der Waals surface area contributed by atoms with Gasteiger partial charge in [0, 0.05) is 6.04 Å². The van der Waals surface area contributed by atoms with Crippen LogP contribution in [0.25, 0.3) is 0 Å². The highest BCUT2D eigenvalue weighted by molar-refractivity contribution is 5.75. The van der Waals surface area contributed by atoms with Crippen LogP contribution in [-0.2, 0) is 9.53 Å². The number of ether oxygens (including phenoxy) is 1. The van der Waals surface area contributed by atoms with E-state index in [0.717, 1.165) is 11.1 Å². The first-order valence-electron chi connectivity index (χ1n) is 11.1.